The van der Waals surface area contributed by atoms with Crippen molar-refractivity contribution in [2.24, 2.45) is 4.99 Å². The van der Waals surface area contributed by atoms with Gasteiger partial charge in [-0.1, -0.05) is 6.92 Å². The molecule has 0 atom stereocenters. The molecule has 7 heteroatoms. The lowest BCUT2D eigenvalue weighted by Crippen LogP contribution is -2.37. The van der Waals surface area contributed by atoms with Crippen LogP contribution in [0.1, 0.15) is 26.7 Å². The molecule has 0 aromatic carbocycles. The van der Waals surface area contributed by atoms with Crippen LogP contribution in [0.15, 0.2) is 17.4 Å². The van der Waals surface area contributed by atoms with E-state index in [1.165, 1.54) is 9.75 Å². The molecule has 0 unspecified atom stereocenters. The van der Waals surface area contributed by atoms with Crippen LogP contribution in [0, 0.1) is 6.92 Å². The second kappa shape index (κ2) is 8.09. The summed E-state index contributed by atoms with van der Waals surface area (Å²) in [6.07, 6.45) is 5.82. The first-order chi connectivity index (χ1) is 10.2. The van der Waals surface area contributed by atoms with Crippen molar-refractivity contribution in [2.45, 2.75) is 33.2 Å². The normalized spacial score (nSPS) is 11.7. The quantitative estimate of drug-likeness (QED) is 0.633. The van der Waals surface area contributed by atoms with E-state index >= 15 is 0 Å². The van der Waals surface area contributed by atoms with Gasteiger partial charge in [0.2, 0.25) is 0 Å². The van der Waals surface area contributed by atoms with Crippen molar-refractivity contribution in [3.05, 3.63) is 32.2 Å². The minimum atomic E-state index is 0.709. The number of aliphatic imine (C=N–C) groups is 1. The van der Waals surface area contributed by atoms with E-state index in [4.69, 9.17) is 0 Å². The molecule has 114 valence electrons. The average molecular weight is 323 g/mol. The zero-order chi connectivity index (χ0) is 15.1. The van der Waals surface area contributed by atoms with Crippen LogP contribution in [-0.4, -0.2) is 29.5 Å². The summed E-state index contributed by atoms with van der Waals surface area (Å²) in [5, 5.41) is 8.83. The van der Waals surface area contributed by atoms with Crippen molar-refractivity contribution in [1.82, 2.24) is 20.6 Å². The van der Waals surface area contributed by atoms with Gasteiger partial charge in [-0.2, -0.15) is 0 Å². The standard InChI is InChI=1S/C14H21N5S2/c1-4-11-8-18-13(21-11)9-19-14(15-3)16-6-5-12-17-7-10(2)20-12/h7-8H,4-6,9H2,1-3H3,(H2,15,16,19). The van der Waals surface area contributed by atoms with Crippen LogP contribution in [0.4, 0.5) is 0 Å². The fourth-order valence-corrected chi connectivity index (χ4v) is 3.37. The second-order valence-electron chi connectivity index (χ2n) is 4.54. The molecule has 0 aliphatic rings. The molecule has 2 rings (SSSR count). The van der Waals surface area contributed by atoms with Crippen LogP contribution in [0.3, 0.4) is 0 Å². The number of nitrogens with zero attached hydrogens (tertiary/aromatic N) is 3. The molecule has 21 heavy (non-hydrogen) atoms. The maximum atomic E-state index is 4.39. The first-order valence-electron chi connectivity index (χ1n) is 7.00. The highest BCUT2D eigenvalue weighted by Gasteiger charge is 2.03. The van der Waals surface area contributed by atoms with Gasteiger partial charge in [0.05, 0.1) is 11.6 Å². The smallest absolute Gasteiger partial charge is 0.191 e. The Morgan fingerprint density at radius 1 is 1.19 bits per heavy atom. The Morgan fingerprint density at radius 3 is 2.62 bits per heavy atom. The summed E-state index contributed by atoms with van der Waals surface area (Å²) in [5.74, 6) is 0.802. The Hall–Kier alpha value is -1.47. The largest absolute Gasteiger partial charge is 0.356 e. The van der Waals surface area contributed by atoms with Gasteiger partial charge in [0.15, 0.2) is 5.96 Å². The Labute approximate surface area is 133 Å². The first-order valence-corrected chi connectivity index (χ1v) is 8.64. The van der Waals surface area contributed by atoms with Gasteiger partial charge in [-0.25, -0.2) is 9.97 Å². The molecule has 0 spiro atoms. The highest BCUT2D eigenvalue weighted by Crippen LogP contribution is 2.13. The number of rotatable bonds is 6. The van der Waals surface area contributed by atoms with Crippen molar-refractivity contribution >= 4 is 28.6 Å². The third kappa shape index (κ3) is 5.09. The fraction of sp³-hybridized carbons (Fsp3) is 0.500. The number of hydrogen-bond acceptors (Lipinski definition) is 5. The predicted octanol–water partition coefficient (Wildman–Crippen LogP) is 2.38. The molecule has 0 radical (unpaired) electrons. The lowest BCUT2D eigenvalue weighted by molar-refractivity contribution is 0.789. The monoisotopic (exact) mass is 323 g/mol. The molecular formula is C14H21N5S2. The van der Waals surface area contributed by atoms with Gasteiger partial charge in [0.25, 0.3) is 0 Å². The van der Waals surface area contributed by atoms with Crippen LogP contribution < -0.4 is 10.6 Å². The summed E-state index contributed by atoms with van der Waals surface area (Å²) < 4.78 is 0. The Bertz CT molecular complexity index is 588. The SMILES string of the molecule is CCc1cnc(CNC(=NC)NCCc2ncc(C)s2)s1. The predicted molar refractivity (Wildman–Crippen MR) is 90.2 cm³/mol. The zero-order valence-electron chi connectivity index (χ0n) is 12.6. The molecule has 0 aliphatic heterocycles. The number of hydrogen-bond donors (Lipinski definition) is 2. The molecule has 0 amide bonds. The van der Waals surface area contributed by atoms with E-state index in [0.717, 1.165) is 35.4 Å². The number of aryl methyl sites for hydroxylation is 2. The van der Waals surface area contributed by atoms with Gasteiger partial charge in [0.1, 0.15) is 5.01 Å². The molecule has 5 nitrogen and oxygen atoms in total. The molecule has 2 aromatic heterocycles. The van der Waals surface area contributed by atoms with Crippen molar-refractivity contribution in [3.63, 3.8) is 0 Å². The van der Waals surface area contributed by atoms with Crippen LogP contribution in [0.5, 0.6) is 0 Å². The van der Waals surface area contributed by atoms with Crippen molar-refractivity contribution < 1.29 is 0 Å². The van der Waals surface area contributed by atoms with Gasteiger partial charge >= 0.3 is 0 Å². The van der Waals surface area contributed by atoms with Crippen molar-refractivity contribution in [3.8, 4) is 0 Å². The lowest BCUT2D eigenvalue weighted by atomic mass is 10.4. The maximum absolute atomic E-state index is 4.39. The van der Waals surface area contributed by atoms with Crippen LogP contribution >= 0.6 is 22.7 Å². The van der Waals surface area contributed by atoms with Crippen molar-refractivity contribution in [2.75, 3.05) is 13.6 Å². The highest BCUT2D eigenvalue weighted by atomic mass is 32.1. The van der Waals surface area contributed by atoms with Gasteiger partial charge in [-0.3, -0.25) is 4.99 Å². The molecule has 0 fully saturated rings. The molecular weight excluding hydrogens is 302 g/mol. The highest BCUT2D eigenvalue weighted by molar-refractivity contribution is 7.11. The summed E-state index contributed by atoms with van der Waals surface area (Å²) in [6, 6.07) is 0. The summed E-state index contributed by atoms with van der Waals surface area (Å²) in [7, 11) is 1.78. The summed E-state index contributed by atoms with van der Waals surface area (Å²) in [5.41, 5.74) is 0. The van der Waals surface area contributed by atoms with Gasteiger partial charge in [0, 0.05) is 42.2 Å². The van der Waals surface area contributed by atoms with E-state index in [0.29, 0.717) is 6.54 Å². The third-order valence-electron chi connectivity index (χ3n) is 2.88. The maximum Gasteiger partial charge on any atom is 0.191 e. The average Bonchev–Trinajstić information content (AvgIpc) is 3.11. The van der Waals surface area contributed by atoms with Crippen LogP contribution in [-0.2, 0) is 19.4 Å². The summed E-state index contributed by atoms with van der Waals surface area (Å²) in [4.78, 5) is 15.5. The van der Waals surface area contributed by atoms with Crippen LogP contribution in [0.25, 0.3) is 0 Å². The minimum absolute atomic E-state index is 0.709. The Balaban J connectivity index is 1.73. The summed E-state index contributed by atoms with van der Waals surface area (Å²) in [6.45, 7) is 5.75. The van der Waals surface area contributed by atoms with Gasteiger partial charge in [-0.05, 0) is 13.3 Å². The van der Waals surface area contributed by atoms with E-state index in [1.807, 2.05) is 12.4 Å². The molecule has 0 aliphatic carbocycles. The fourth-order valence-electron chi connectivity index (χ4n) is 1.78. The summed E-state index contributed by atoms with van der Waals surface area (Å²) >= 11 is 3.49. The zero-order valence-corrected chi connectivity index (χ0v) is 14.3. The van der Waals surface area contributed by atoms with Gasteiger partial charge in [-0.15, -0.1) is 22.7 Å². The van der Waals surface area contributed by atoms with E-state index in [-0.39, 0.29) is 0 Å². The van der Waals surface area contributed by atoms with Crippen molar-refractivity contribution in [1.29, 1.82) is 0 Å². The topological polar surface area (TPSA) is 62.2 Å². The minimum Gasteiger partial charge on any atom is -0.356 e. The molecule has 2 aromatic rings. The van der Waals surface area contributed by atoms with E-state index in [2.05, 4.69) is 39.4 Å². The number of aromatic nitrogens is 2. The lowest BCUT2D eigenvalue weighted by Gasteiger charge is -2.09. The Kier molecular flexibility index (Phi) is 6.13. The third-order valence-corrected chi connectivity index (χ3v) is 5.00. The number of thiazole rings is 2. The molecule has 2 heterocycles. The van der Waals surface area contributed by atoms with E-state index in [1.54, 1.807) is 29.7 Å². The van der Waals surface area contributed by atoms with Crippen LogP contribution in [0.2, 0.25) is 0 Å². The molecule has 0 saturated heterocycles. The Morgan fingerprint density at radius 2 is 2.00 bits per heavy atom. The van der Waals surface area contributed by atoms with E-state index in [9.17, 15) is 0 Å². The molecule has 0 saturated carbocycles. The first kappa shape index (κ1) is 15.9. The number of nitrogens with one attached hydrogen (secondary N) is 2. The second-order valence-corrected chi connectivity index (χ2v) is 7.06. The van der Waals surface area contributed by atoms with Gasteiger partial charge < -0.3 is 10.6 Å². The number of guanidine groups is 1. The van der Waals surface area contributed by atoms with E-state index < -0.39 is 0 Å². The molecule has 0 bridgehead atoms. The molecule has 2 N–H and O–H groups in total.